The summed E-state index contributed by atoms with van der Waals surface area (Å²) >= 11 is 5.93. The molecule has 2 aromatic heterocycles. The lowest BCUT2D eigenvalue weighted by molar-refractivity contribution is -0.141. The molecule has 22 heavy (non-hydrogen) atoms. The van der Waals surface area contributed by atoms with E-state index < -0.39 is 6.04 Å². The Hall–Kier alpha value is -2.21. The summed E-state index contributed by atoms with van der Waals surface area (Å²) in [6.07, 6.45) is 2.86. The average molecular weight is 321 g/mol. The molecule has 0 aliphatic carbocycles. The highest BCUT2D eigenvalue weighted by molar-refractivity contribution is 6.28. The molecule has 0 saturated carbocycles. The van der Waals surface area contributed by atoms with Crippen LogP contribution in [0.25, 0.3) is 11.0 Å². The number of pyridine rings is 1. The first-order valence-corrected chi connectivity index (χ1v) is 7.16. The lowest BCUT2D eigenvalue weighted by Gasteiger charge is -2.17. The number of rotatable bonds is 6. The van der Waals surface area contributed by atoms with Crippen LogP contribution in [0.4, 0.5) is 5.82 Å². The Balaban J connectivity index is 2.32. The molecule has 2 heterocycles. The number of aromatic nitrogens is 3. The van der Waals surface area contributed by atoms with Gasteiger partial charge < -0.3 is 10.1 Å². The smallest absolute Gasteiger partial charge is 0.328 e. The van der Waals surface area contributed by atoms with Crippen molar-refractivity contribution in [2.45, 2.75) is 25.8 Å². The van der Waals surface area contributed by atoms with Gasteiger partial charge in [0.05, 0.1) is 12.6 Å². The van der Waals surface area contributed by atoms with E-state index in [1.165, 1.54) is 7.11 Å². The van der Waals surface area contributed by atoms with Gasteiger partial charge in [0.2, 0.25) is 5.28 Å². The molecule has 0 aromatic carbocycles. The van der Waals surface area contributed by atoms with E-state index in [1.807, 2.05) is 6.92 Å². The average Bonchev–Trinajstić information content (AvgIpc) is 2.50. The molecule has 2 aromatic rings. The van der Waals surface area contributed by atoms with Crippen molar-refractivity contribution in [1.82, 2.24) is 15.0 Å². The molecule has 0 saturated heterocycles. The van der Waals surface area contributed by atoms with E-state index in [-0.39, 0.29) is 11.3 Å². The van der Waals surface area contributed by atoms with Crippen LogP contribution in [-0.2, 0) is 9.53 Å². The molecule has 0 radical (unpaired) electrons. The SMILES string of the molecule is C=C(C)CC[C@@H](Nc1nc(Cl)nc2cccnc12)C(=O)OC. The molecular weight excluding hydrogens is 304 g/mol. The summed E-state index contributed by atoms with van der Waals surface area (Å²) in [7, 11) is 1.35. The quantitative estimate of drug-likeness (QED) is 0.501. The van der Waals surface area contributed by atoms with Crippen molar-refractivity contribution in [3.63, 3.8) is 0 Å². The standard InChI is InChI=1S/C15H17ClN4O2/c1-9(2)6-7-11(14(21)22-3)18-13-12-10(5-4-8-17-12)19-15(16)20-13/h4-5,8,11H,1,6-7H2,2-3H3,(H,18,19,20)/t11-/m1/s1. The largest absolute Gasteiger partial charge is 0.467 e. The van der Waals surface area contributed by atoms with Crippen LogP contribution in [-0.4, -0.2) is 34.1 Å². The van der Waals surface area contributed by atoms with Crippen LogP contribution in [0.5, 0.6) is 0 Å². The van der Waals surface area contributed by atoms with E-state index in [0.717, 1.165) is 5.57 Å². The van der Waals surface area contributed by atoms with Crippen LogP contribution in [0.3, 0.4) is 0 Å². The molecular formula is C15H17ClN4O2. The number of halogens is 1. The fourth-order valence-electron chi connectivity index (χ4n) is 1.99. The second kappa shape index (κ2) is 7.17. The molecule has 0 unspecified atom stereocenters. The van der Waals surface area contributed by atoms with Gasteiger partial charge in [-0.2, -0.15) is 4.98 Å². The molecule has 6 nitrogen and oxygen atoms in total. The number of hydrogen-bond acceptors (Lipinski definition) is 6. The van der Waals surface area contributed by atoms with Crippen LogP contribution >= 0.6 is 11.6 Å². The normalized spacial score (nSPS) is 12.0. The van der Waals surface area contributed by atoms with E-state index in [0.29, 0.717) is 29.7 Å². The number of carbonyl (C=O) groups excluding carboxylic acids is 1. The van der Waals surface area contributed by atoms with Crippen molar-refractivity contribution >= 4 is 34.4 Å². The third kappa shape index (κ3) is 3.92. The summed E-state index contributed by atoms with van der Waals surface area (Å²) in [6.45, 7) is 5.75. The zero-order chi connectivity index (χ0) is 16.1. The van der Waals surface area contributed by atoms with Crippen molar-refractivity contribution in [2.75, 3.05) is 12.4 Å². The van der Waals surface area contributed by atoms with Crippen LogP contribution in [0.1, 0.15) is 19.8 Å². The maximum absolute atomic E-state index is 11.9. The van der Waals surface area contributed by atoms with E-state index in [9.17, 15) is 4.79 Å². The first kappa shape index (κ1) is 16.2. The molecule has 0 aliphatic rings. The van der Waals surface area contributed by atoms with E-state index in [4.69, 9.17) is 16.3 Å². The van der Waals surface area contributed by atoms with Crippen LogP contribution in [0.2, 0.25) is 5.28 Å². The van der Waals surface area contributed by atoms with E-state index in [2.05, 4.69) is 26.8 Å². The lowest BCUT2D eigenvalue weighted by Crippen LogP contribution is -2.31. The van der Waals surface area contributed by atoms with Gasteiger partial charge in [-0.3, -0.25) is 4.98 Å². The highest BCUT2D eigenvalue weighted by Crippen LogP contribution is 2.21. The molecule has 0 bridgehead atoms. The molecule has 1 atom stereocenters. The Morgan fingerprint density at radius 3 is 2.95 bits per heavy atom. The van der Waals surface area contributed by atoms with Crippen LogP contribution in [0, 0.1) is 0 Å². The Morgan fingerprint density at radius 2 is 2.27 bits per heavy atom. The number of fused-ring (bicyclic) bond motifs is 1. The van der Waals surface area contributed by atoms with Gasteiger partial charge in [-0.25, -0.2) is 9.78 Å². The summed E-state index contributed by atoms with van der Waals surface area (Å²) in [5.41, 5.74) is 2.14. The molecule has 2 rings (SSSR count). The number of hydrogen-bond donors (Lipinski definition) is 1. The maximum Gasteiger partial charge on any atom is 0.328 e. The van der Waals surface area contributed by atoms with Gasteiger partial charge in [-0.15, -0.1) is 6.58 Å². The zero-order valence-corrected chi connectivity index (χ0v) is 13.2. The Labute approximate surface area is 133 Å². The number of methoxy groups -OCH3 is 1. The predicted molar refractivity (Wildman–Crippen MR) is 85.8 cm³/mol. The number of allylic oxidation sites excluding steroid dienone is 1. The molecule has 0 aliphatic heterocycles. The summed E-state index contributed by atoms with van der Waals surface area (Å²) in [4.78, 5) is 24.4. The highest BCUT2D eigenvalue weighted by Gasteiger charge is 2.21. The predicted octanol–water partition coefficient (Wildman–Crippen LogP) is 2.99. The minimum absolute atomic E-state index is 0.0894. The summed E-state index contributed by atoms with van der Waals surface area (Å²) in [5, 5.41) is 3.14. The first-order chi connectivity index (χ1) is 10.5. The third-order valence-corrected chi connectivity index (χ3v) is 3.25. The molecule has 7 heteroatoms. The fraction of sp³-hybridized carbons (Fsp3) is 0.333. The Bertz CT molecular complexity index is 705. The van der Waals surface area contributed by atoms with Crippen molar-refractivity contribution in [3.05, 3.63) is 35.8 Å². The fourth-order valence-corrected chi connectivity index (χ4v) is 2.16. The van der Waals surface area contributed by atoms with Crippen LogP contribution < -0.4 is 5.32 Å². The van der Waals surface area contributed by atoms with E-state index in [1.54, 1.807) is 18.3 Å². The van der Waals surface area contributed by atoms with Gasteiger partial charge in [-0.1, -0.05) is 5.57 Å². The molecule has 0 spiro atoms. The minimum atomic E-state index is -0.558. The van der Waals surface area contributed by atoms with Gasteiger partial charge in [0.15, 0.2) is 5.82 Å². The number of anilines is 1. The monoisotopic (exact) mass is 320 g/mol. The van der Waals surface area contributed by atoms with Gasteiger partial charge in [0.25, 0.3) is 0 Å². The molecule has 1 N–H and O–H groups in total. The Kier molecular flexibility index (Phi) is 5.27. The topological polar surface area (TPSA) is 77.0 Å². The number of nitrogens with zero attached hydrogens (tertiary/aromatic N) is 3. The number of ether oxygens (including phenoxy) is 1. The Morgan fingerprint density at radius 1 is 1.50 bits per heavy atom. The molecule has 116 valence electrons. The van der Waals surface area contributed by atoms with Gasteiger partial charge in [0, 0.05) is 6.20 Å². The second-order valence-electron chi connectivity index (χ2n) is 4.93. The molecule has 0 fully saturated rings. The van der Waals surface area contributed by atoms with Crippen molar-refractivity contribution < 1.29 is 9.53 Å². The number of esters is 1. The summed E-state index contributed by atoms with van der Waals surface area (Å²) in [6, 6.07) is 2.98. The highest BCUT2D eigenvalue weighted by atomic mass is 35.5. The van der Waals surface area contributed by atoms with Crippen LogP contribution in [0.15, 0.2) is 30.5 Å². The van der Waals surface area contributed by atoms with Crippen molar-refractivity contribution in [1.29, 1.82) is 0 Å². The number of carbonyl (C=O) groups is 1. The summed E-state index contributed by atoms with van der Waals surface area (Å²) in [5.74, 6) is 0.0350. The van der Waals surface area contributed by atoms with Crippen molar-refractivity contribution in [3.8, 4) is 0 Å². The second-order valence-corrected chi connectivity index (χ2v) is 5.27. The first-order valence-electron chi connectivity index (χ1n) is 6.78. The van der Waals surface area contributed by atoms with Gasteiger partial charge >= 0.3 is 5.97 Å². The number of nitrogens with one attached hydrogen (secondary N) is 1. The zero-order valence-electron chi connectivity index (χ0n) is 12.5. The van der Waals surface area contributed by atoms with Crippen molar-refractivity contribution in [2.24, 2.45) is 0 Å². The summed E-state index contributed by atoms with van der Waals surface area (Å²) < 4.78 is 4.83. The minimum Gasteiger partial charge on any atom is -0.467 e. The third-order valence-electron chi connectivity index (χ3n) is 3.08. The lowest BCUT2D eigenvalue weighted by atomic mass is 10.1. The van der Waals surface area contributed by atoms with E-state index >= 15 is 0 Å². The van der Waals surface area contributed by atoms with Gasteiger partial charge in [-0.05, 0) is 43.5 Å². The molecule has 0 amide bonds. The maximum atomic E-state index is 11.9. The van der Waals surface area contributed by atoms with Gasteiger partial charge in [0.1, 0.15) is 11.6 Å².